The van der Waals surface area contributed by atoms with Crippen LogP contribution in [-0.4, -0.2) is 58.7 Å². The number of thioether (sulfide) groups is 1. The van der Waals surface area contributed by atoms with E-state index in [0.717, 1.165) is 36.7 Å². The van der Waals surface area contributed by atoms with Crippen molar-refractivity contribution in [1.82, 2.24) is 14.5 Å². The molecule has 0 radical (unpaired) electrons. The van der Waals surface area contributed by atoms with E-state index in [4.69, 9.17) is 9.47 Å². The SMILES string of the molecule is CSc1nccn1-c1cccc(C(=O)N2CCCCC2C2OCCO2)c1. The van der Waals surface area contributed by atoms with Gasteiger partial charge in [-0.3, -0.25) is 9.36 Å². The maximum absolute atomic E-state index is 13.2. The van der Waals surface area contributed by atoms with Crippen LogP contribution in [0.4, 0.5) is 0 Å². The number of nitrogens with zero attached hydrogens (tertiary/aromatic N) is 3. The van der Waals surface area contributed by atoms with Crippen molar-refractivity contribution in [3.8, 4) is 5.69 Å². The third-order valence-electron chi connectivity index (χ3n) is 4.93. The molecule has 1 atom stereocenters. The van der Waals surface area contributed by atoms with Crippen molar-refractivity contribution in [3.63, 3.8) is 0 Å². The van der Waals surface area contributed by atoms with Crippen LogP contribution in [0.1, 0.15) is 29.6 Å². The topological polar surface area (TPSA) is 56.6 Å². The van der Waals surface area contributed by atoms with E-state index in [1.807, 2.05) is 46.2 Å². The van der Waals surface area contributed by atoms with Crippen LogP contribution in [0, 0.1) is 0 Å². The first-order chi connectivity index (χ1) is 12.8. The van der Waals surface area contributed by atoms with E-state index in [1.165, 1.54) is 0 Å². The number of piperidine rings is 1. The highest BCUT2D eigenvalue weighted by Gasteiger charge is 2.36. The number of imidazole rings is 1. The van der Waals surface area contributed by atoms with Gasteiger partial charge in [-0.2, -0.15) is 0 Å². The second-order valence-corrected chi connectivity index (χ2v) is 7.28. The van der Waals surface area contributed by atoms with Gasteiger partial charge in [0.05, 0.1) is 19.3 Å². The van der Waals surface area contributed by atoms with Gasteiger partial charge < -0.3 is 14.4 Å². The van der Waals surface area contributed by atoms with E-state index in [1.54, 1.807) is 18.0 Å². The quantitative estimate of drug-likeness (QED) is 0.771. The molecule has 2 aliphatic rings. The van der Waals surface area contributed by atoms with Crippen LogP contribution < -0.4 is 0 Å². The number of carbonyl (C=O) groups is 1. The number of likely N-dealkylation sites (tertiary alicyclic amines) is 1. The molecule has 1 unspecified atom stereocenters. The summed E-state index contributed by atoms with van der Waals surface area (Å²) in [6.07, 6.45) is 8.44. The van der Waals surface area contributed by atoms with Gasteiger partial charge in [-0.05, 0) is 43.7 Å². The largest absolute Gasteiger partial charge is 0.348 e. The van der Waals surface area contributed by atoms with E-state index < -0.39 is 0 Å². The number of carbonyl (C=O) groups excluding carboxylic acids is 1. The van der Waals surface area contributed by atoms with Gasteiger partial charge in [0, 0.05) is 30.2 Å². The molecule has 1 aromatic heterocycles. The average molecular weight is 373 g/mol. The molecule has 6 nitrogen and oxygen atoms in total. The first kappa shape index (κ1) is 17.6. The molecule has 0 spiro atoms. The van der Waals surface area contributed by atoms with Gasteiger partial charge in [0.2, 0.25) is 0 Å². The minimum absolute atomic E-state index is 0.00240. The van der Waals surface area contributed by atoms with Crippen LogP contribution in [0.15, 0.2) is 41.8 Å². The Hall–Kier alpha value is -1.83. The van der Waals surface area contributed by atoms with Gasteiger partial charge in [-0.25, -0.2) is 4.98 Å². The van der Waals surface area contributed by atoms with Gasteiger partial charge in [0.1, 0.15) is 0 Å². The normalized spacial score (nSPS) is 21.3. The molecule has 0 saturated carbocycles. The minimum atomic E-state index is -0.292. The van der Waals surface area contributed by atoms with Crippen LogP contribution in [0.3, 0.4) is 0 Å². The zero-order valence-corrected chi connectivity index (χ0v) is 15.7. The summed E-state index contributed by atoms with van der Waals surface area (Å²) >= 11 is 1.58. The lowest BCUT2D eigenvalue weighted by molar-refractivity contribution is -0.100. The molecular formula is C19H23N3O3S. The molecule has 0 aliphatic carbocycles. The predicted octanol–water partition coefficient (Wildman–Crippen LogP) is 2.96. The van der Waals surface area contributed by atoms with Gasteiger partial charge in [-0.1, -0.05) is 17.8 Å². The smallest absolute Gasteiger partial charge is 0.254 e. The molecule has 2 saturated heterocycles. The molecule has 3 heterocycles. The standard InChI is InChI=1S/C19H23N3O3S/c1-26-19-20-8-10-21(19)15-6-4-5-14(13-15)17(23)22-9-3-2-7-16(22)18-24-11-12-25-18/h4-6,8,10,13,16,18H,2-3,7,9,11-12H2,1H3. The summed E-state index contributed by atoms with van der Waals surface area (Å²) in [5.41, 5.74) is 1.63. The van der Waals surface area contributed by atoms with Crippen molar-refractivity contribution in [1.29, 1.82) is 0 Å². The summed E-state index contributed by atoms with van der Waals surface area (Å²) in [7, 11) is 0. The van der Waals surface area contributed by atoms with Crippen molar-refractivity contribution >= 4 is 17.7 Å². The lowest BCUT2D eigenvalue weighted by atomic mass is 10.00. The van der Waals surface area contributed by atoms with Crippen molar-refractivity contribution in [3.05, 3.63) is 42.2 Å². The third-order valence-corrected chi connectivity index (χ3v) is 5.60. The summed E-state index contributed by atoms with van der Waals surface area (Å²) in [6, 6.07) is 7.73. The molecule has 4 rings (SSSR count). The summed E-state index contributed by atoms with van der Waals surface area (Å²) in [5.74, 6) is 0.0430. The van der Waals surface area contributed by atoms with Crippen molar-refractivity contribution in [2.24, 2.45) is 0 Å². The predicted molar refractivity (Wildman–Crippen MR) is 99.7 cm³/mol. The van der Waals surface area contributed by atoms with E-state index in [2.05, 4.69) is 4.98 Å². The van der Waals surface area contributed by atoms with Crippen LogP contribution in [-0.2, 0) is 9.47 Å². The molecule has 2 aliphatic heterocycles. The summed E-state index contributed by atoms with van der Waals surface area (Å²) in [6.45, 7) is 1.96. The highest BCUT2D eigenvalue weighted by molar-refractivity contribution is 7.98. The molecule has 2 aromatic rings. The van der Waals surface area contributed by atoms with Crippen LogP contribution >= 0.6 is 11.8 Å². The van der Waals surface area contributed by atoms with Crippen LogP contribution in [0.25, 0.3) is 5.69 Å². The van der Waals surface area contributed by atoms with Crippen LogP contribution in [0.5, 0.6) is 0 Å². The number of benzene rings is 1. The van der Waals surface area contributed by atoms with E-state index in [0.29, 0.717) is 18.8 Å². The van der Waals surface area contributed by atoms with Gasteiger partial charge in [0.15, 0.2) is 11.4 Å². The molecular weight excluding hydrogens is 350 g/mol. The Morgan fingerprint density at radius 3 is 2.92 bits per heavy atom. The number of amides is 1. The number of ether oxygens (including phenoxy) is 2. The molecule has 1 amide bonds. The first-order valence-corrected chi connectivity index (χ1v) is 10.2. The number of hydrogen-bond donors (Lipinski definition) is 0. The van der Waals surface area contributed by atoms with Crippen molar-refractivity contribution in [2.45, 2.75) is 36.8 Å². The summed E-state index contributed by atoms with van der Waals surface area (Å²) in [4.78, 5) is 19.5. The Balaban J connectivity index is 1.60. The van der Waals surface area contributed by atoms with Crippen molar-refractivity contribution in [2.75, 3.05) is 26.0 Å². The monoisotopic (exact) mass is 373 g/mol. The van der Waals surface area contributed by atoms with E-state index in [9.17, 15) is 4.79 Å². The number of aromatic nitrogens is 2. The van der Waals surface area contributed by atoms with Gasteiger partial charge in [-0.15, -0.1) is 0 Å². The second kappa shape index (κ2) is 7.82. The zero-order valence-electron chi connectivity index (χ0n) is 14.8. The van der Waals surface area contributed by atoms with Crippen LogP contribution in [0.2, 0.25) is 0 Å². The molecule has 7 heteroatoms. The Morgan fingerprint density at radius 2 is 2.12 bits per heavy atom. The van der Waals surface area contributed by atoms with E-state index in [-0.39, 0.29) is 18.2 Å². The second-order valence-electron chi connectivity index (χ2n) is 6.51. The average Bonchev–Trinajstić information content (AvgIpc) is 3.39. The highest BCUT2D eigenvalue weighted by Crippen LogP contribution is 2.27. The fraction of sp³-hybridized carbons (Fsp3) is 0.474. The summed E-state index contributed by atoms with van der Waals surface area (Å²) in [5, 5.41) is 0.901. The van der Waals surface area contributed by atoms with Gasteiger partial charge in [0.25, 0.3) is 5.91 Å². The maximum Gasteiger partial charge on any atom is 0.254 e. The number of hydrogen-bond acceptors (Lipinski definition) is 5. The Labute approximate surface area is 157 Å². The number of rotatable bonds is 4. The van der Waals surface area contributed by atoms with Gasteiger partial charge >= 0.3 is 0 Å². The van der Waals surface area contributed by atoms with Crippen molar-refractivity contribution < 1.29 is 14.3 Å². The Morgan fingerprint density at radius 1 is 1.27 bits per heavy atom. The minimum Gasteiger partial charge on any atom is -0.348 e. The molecule has 26 heavy (non-hydrogen) atoms. The van der Waals surface area contributed by atoms with E-state index >= 15 is 0 Å². The molecule has 1 aromatic carbocycles. The first-order valence-electron chi connectivity index (χ1n) is 9.00. The third kappa shape index (κ3) is 3.39. The molecule has 2 fully saturated rings. The Kier molecular flexibility index (Phi) is 5.28. The maximum atomic E-state index is 13.2. The molecule has 138 valence electrons. The zero-order chi connectivity index (χ0) is 17.9. The Bertz CT molecular complexity index is 773. The summed E-state index contributed by atoms with van der Waals surface area (Å²) < 4.78 is 13.4. The molecule has 0 N–H and O–H groups in total. The molecule has 0 bridgehead atoms. The highest BCUT2D eigenvalue weighted by atomic mass is 32.2. The lowest BCUT2D eigenvalue weighted by Gasteiger charge is -2.38. The fourth-order valence-electron chi connectivity index (χ4n) is 3.68. The fourth-order valence-corrected chi connectivity index (χ4v) is 4.21. The lowest BCUT2D eigenvalue weighted by Crippen LogP contribution is -2.50.